The maximum absolute atomic E-state index is 9.99. The van der Waals surface area contributed by atoms with Crippen LogP contribution < -0.4 is 0 Å². The first-order valence-corrected chi connectivity index (χ1v) is 6.24. The number of aliphatic hydroxyl groups excluding tert-OH is 1. The van der Waals surface area contributed by atoms with Crippen LogP contribution in [-0.4, -0.2) is 24.6 Å². The smallest absolute Gasteiger partial charge is 0.157 e. The van der Waals surface area contributed by atoms with Crippen molar-refractivity contribution >= 4 is 0 Å². The predicted molar refractivity (Wildman–Crippen MR) is 67.7 cm³/mol. The number of aliphatic hydroxyl groups is 1. The van der Waals surface area contributed by atoms with E-state index in [-0.39, 0.29) is 6.29 Å². The van der Waals surface area contributed by atoms with Gasteiger partial charge in [-0.1, -0.05) is 30.3 Å². The maximum Gasteiger partial charge on any atom is 0.157 e. The van der Waals surface area contributed by atoms with Crippen molar-refractivity contribution in [3.8, 4) is 0 Å². The van der Waals surface area contributed by atoms with Crippen LogP contribution in [0.3, 0.4) is 0 Å². The minimum Gasteiger partial charge on any atom is -0.388 e. The van der Waals surface area contributed by atoms with Gasteiger partial charge in [0.05, 0.1) is 6.10 Å². The molecule has 3 nitrogen and oxygen atoms in total. The normalized spacial score (nSPS) is 12.9. The number of rotatable bonds is 8. The Bertz CT molecular complexity index is 281. The highest BCUT2D eigenvalue weighted by atomic mass is 16.7. The molecule has 1 atom stereocenters. The molecule has 0 aliphatic heterocycles. The maximum atomic E-state index is 9.99. The summed E-state index contributed by atoms with van der Waals surface area (Å²) in [5.74, 6) is 0. The van der Waals surface area contributed by atoms with Crippen LogP contribution in [0.2, 0.25) is 0 Å². The summed E-state index contributed by atoms with van der Waals surface area (Å²) < 4.78 is 10.9. The van der Waals surface area contributed by atoms with Crippen LogP contribution in [0.5, 0.6) is 0 Å². The molecule has 3 heteroatoms. The zero-order chi connectivity index (χ0) is 12.5. The van der Waals surface area contributed by atoms with Gasteiger partial charge in [0.2, 0.25) is 0 Å². The van der Waals surface area contributed by atoms with Gasteiger partial charge in [0.1, 0.15) is 0 Å². The zero-order valence-electron chi connectivity index (χ0n) is 10.6. The highest BCUT2D eigenvalue weighted by molar-refractivity contribution is 5.16. The van der Waals surface area contributed by atoms with E-state index < -0.39 is 6.10 Å². The van der Waals surface area contributed by atoms with Crippen molar-refractivity contribution in [3.05, 3.63) is 35.9 Å². The van der Waals surface area contributed by atoms with Crippen LogP contribution in [0.4, 0.5) is 0 Å². The fraction of sp³-hybridized carbons (Fsp3) is 0.571. The molecule has 0 aliphatic rings. The highest BCUT2D eigenvalue weighted by Crippen LogP contribution is 2.19. The van der Waals surface area contributed by atoms with Crippen molar-refractivity contribution in [2.45, 2.75) is 39.1 Å². The molecule has 0 saturated heterocycles. The Morgan fingerprint density at radius 3 is 2.12 bits per heavy atom. The molecule has 1 N–H and O–H groups in total. The molecule has 0 aliphatic carbocycles. The summed E-state index contributed by atoms with van der Waals surface area (Å²) >= 11 is 0. The summed E-state index contributed by atoms with van der Waals surface area (Å²) in [6.07, 6.45) is 0.704. The third kappa shape index (κ3) is 5.31. The first-order chi connectivity index (χ1) is 8.27. The van der Waals surface area contributed by atoms with Gasteiger partial charge >= 0.3 is 0 Å². The van der Waals surface area contributed by atoms with Crippen molar-refractivity contribution < 1.29 is 14.6 Å². The second-order valence-electron chi connectivity index (χ2n) is 3.84. The Balaban J connectivity index is 2.38. The molecule has 1 aromatic rings. The first kappa shape index (κ1) is 14.2. The molecule has 0 heterocycles. The van der Waals surface area contributed by atoms with Crippen molar-refractivity contribution in [1.29, 1.82) is 0 Å². The van der Waals surface area contributed by atoms with Crippen LogP contribution in [-0.2, 0) is 9.47 Å². The van der Waals surface area contributed by atoms with Crippen LogP contribution in [0.25, 0.3) is 0 Å². The number of hydrogen-bond donors (Lipinski definition) is 1. The number of hydrogen-bond acceptors (Lipinski definition) is 3. The largest absolute Gasteiger partial charge is 0.388 e. The van der Waals surface area contributed by atoms with E-state index in [1.54, 1.807) is 0 Å². The molecule has 1 aromatic carbocycles. The van der Waals surface area contributed by atoms with E-state index in [9.17, 15) is 5.11 Å². The van der Waals surface area contributed by atoms with E-state index in [1.165, 1.54) is 0 Å². The monoisotopic (exact) mass is 238 g/mol. The summed E-state index contributed by atoms with van der Waals surface area (Å²) in [5, 5.41) is 9.99. The molecule has 0 saturated carbocycles. The summed E-state index contributed by atoms with van der Waals surface area (Å²) in [4.78, 5) is 0. The van der Waals surface area contributed by atoms with E-state index in [0.717, 1.165) is 5.56 Å². The van der Waals surface area contributed by atoms with Gasteiger partial charge in [0, 0.05) is 19.6 Å². The quantitative estimate of drug-likeness (QED) is 0.708. The van der Waals surface area contributed by atoms with Gasteiger partial charge in [0.25, 0.3) is 0 Å². The second kappa shape index (κ2) is 8.23. The Hall–Kier alpha value is -0.900. The van der Waals surface area contributed by atoms with Crippen LogP contribution in [0.1, 0.15) is 38.4 Å². The number of benzene rings is 1. The Morgan fingerprint density at radius 1 is 1.00 bits per heavy atom. The highest BCUT2D eigenvalue weighted by Gasteiger charge is 2.12. The fourth-order valence-corrected chi connectivity index (χ4v) is 1.72. The lowest BCUT2D eigenvalue weighted by atomic mass is 10.1. The Labute approximate surface area is 103 Å². The molecule has 0 fully saturated rings. The summed E-state index contributed by atoms with van der Waals surface area (Å²) in [6.45, 7) is 5.15. The summed E-state index contributed by atoms with van der Waals surface area (Å²) in [5.41, 5.74) is 0.944. The van der Waals surface area contributed by atoms with Crippen molar-refractivity contribution in [1.82, 2.24) is 0 Å². The lowest BCUT2D eigenvalue weighted by Gasteiger charge is -2.18. The molecule has 96 valence electrons. The molecule has 0 radical (unpaired) electrons. The molecule has 0 amide bonds. The minimum absolute atomic E-state index is 0.205. The van der Waals surface area contributed by atoms with Gasteiger partial charge < -0.3 is 14.6 Å². The standard InChI is InChI=1S/C14H22O3/c1-3-16-14(17-4-2)11-10-13(15)12-8-6-5-7-9-12/h5-9,13-15H,3-4,10-11H2,1-2H3/t13-/m0/s1. The van der Waals surface area contributed by atoms with E-state index in [2.05, 4.69) is 0 Å². The van der Waals surface area contributed by atoms with Gasteiger partial charge in [-0.05, 0) is 25.8 Å². The summed E-state index contributed by atoms with van der Waals surface area (Å²) in [7, 11) is 0. The van der Waals surface area contributed by atoms with Crippen LogP contribution in [0.15, 0.2) is 30.3 Å². The third-order valence-corrected chi connectivity index (χ3v) is 2.57. The molecule has 1 rings (SSSR count). The zero-order valence-corrected chi connectivity index (χ0v) is 10.6. The average Bonchev–Trinajstić information content (AvgIpc) is 2.37. The lowest BCUT2D eigenvalue weighted by Crippen LogP contribution is -2.18. The van der Waals surface area contributed by atoms with Crippen LogP contribution in [0, 0.1) is 0 Å². The van der Waals surface area contributed by atoms with Crippen molar-refractivity contribution in [3.63, 3.8) is 0 Å². The topological polar surface area (TPSA) is 38.7 Å². The van der Waals surface area contributed by atoms with Gasteiger partial charge in [-0.2, -0.15) is 0 Å². The Kier molecular flexibility index (Phi) is 6.86. The molecule has 0 spiro atoms. The molecule has 0 aromatic heterocycles. The second-order valence-corrected chi connectivity index (χ2v) is 3.84. The third-order valence-electron chi connectivity index (χ3n) is 2.57. The van der Waals surface area contributed by atoms with E-state index in [1.807, 2.05) is 44.2 Å². The van der Waals surface area contributed by atoms with Gasteiger partial charge in [-0.15, -0.1) is 0 Å². The Morgan fingerprint density at radius 2 is 1.59 bits per heavy atom. The predicted octanol–water partition coefficient (Wildman–Crippen LogP) is 2.90. The lowest BCUT2D eigenvalue weighted by molar-refractivity contribution is -0.143. The fourth-order valence-electron chi connectivity index (χ4n) is 1.72. The van der Waals surface area contributed by atoms with E-state index in [4.69, 9.17) is 9.47 Å². The van der Waals surface area contributed by atoms with E-state index >= 15 is 0 Å². The molecular formula is C14H22O3. The minimum atomic E-state index is -0.445. The molecule has 17 heavy (non-hydrogen) atoms. The average molecular weight is 238 g/mol. The van der Waals surface area contributed by atoms with E-state index in [0.29, 0.717) is 26.1 Å². The molecular weight excluding hydrogens is 216 g/mol. The summed E-state index contributed by atoms with van der Waals surface area (Å²) in [6, 6.07) is 9.67. The van der Waals surface area contributed by atoms with Gasteiger partial charge in [-0.25, -0.2) is 0 Å². The van der Waals surface area contributed by atoms with Gasteiger partial charge in [-0.3, -0.25) is 0 Å². The van der Waals surface area contributed by atoms with Crippen molar-refractivity contribution in [2.24, 2.45) is 0 Å². The molecule has 0 bridgehead atoms. The van der Waals surface area contributed by atoms with Crippen molar-refractivity contribution in [2.75, 3.05) is 13.2 Å². The van der Waals surface area contributed by atoms with Gasteiger partial charge in [0.15, 0.2) is 6.29 Å². The van der Waals surface area contributed by atoms with Crippen LogP contribution >= 0.6 is 0 Å². The molecule has 0 unspecified atom stereocenters. The first-order valence-electron chi connectivity index (χ1n) is 6.24. The SMILES string of the molecule is CCOC(CC[C@H](O)c1ccccc1)OCC. The number of ether oxygens (including phenoxy) is 2.